The molecule has 1 aromatic carbocycles. The molecule has 0 radical (unpaired) electrons. The molecule has 0 fully saturated rings. The largest absolute Gasteiger partial charge is 0.446 e. The molecular weight excluding hydrogens is 358 g/mol. The molecule has 7 nitrogen and oxygen atoms in total. The highest BCUT2D eigenvalue weighted by atomic mass is 16.5. The van der Waals surface area contributed by atoms with Crippen LogP contribution in [0.25, 0.3) is 6.08 Å². The number of hydrogen-bond donors (Lipinski definition) is 2. The number of carbonyl (C=O) groups excluding carboxylic acids is 1. The maximum atomic E-state index is 13.3. The number of hydrogen-bond acceptors (Lipinski definition) is 5. The number of nitrogens with zero attached hydrogens (tertiary/aromatic N) is 2. The Balaban J connectivity index is 1.95. The molecule has 2 N–H and O–H groups in total. The van der Waals surface area contributed by atoms with E-state index in [0.717, 1.165) is 5.56 Å². The molecule has 0 unspecified atom stereocenters. The Hall–Kier alpha value is -3.19. The number of aliphatic hydroxyl groups is 1. The number of ether oxygens (including phenoxy) is 1. The normalized spacial score (nSPS) is 22.9. The molecule has 2 aromatic rings. The van der Waals surface area contributed by atoms with Gasteiger partial charge in [-0.2, -0.15) is 4.98 Å². The van der Waals surface area contributed by atoms with Crippen molar-refractivity contribution in [3.8, 4) is 5.88 Å². The van der Waals surface area contributed by atoms with Crippen LogP contribution in [-0.4, -0.2) is 20.6 Å². The van der Waals surface area contributed by atoms with E-state index in [2.05, 4.69) is 10.3 Å². The zero-order valence-corrected chi connectivity index (χ0v) is 15.6. The van der Waals surface area contributed by atoms with Gasteiger partial charge in [-0.05, 0) is 23.6 Å². The number of amides is 1. The summed E-state index contributed by atoms with van der Waals surface area (Å²) in [5.74, 6) is -0.415. The molecule has 3 heterocycles. The van der Waals surface area contributed by atoms with Gasteiger partial charge in [-0.25, -0.2) is 0 Å². The van der Waals surface area contributed by atoms with E-state index in [4.69, 9.17) is 4.74 Å². The van der Waals surface area contributed by atoms with Crippen LogP contribution in [-0.2, 0) is 16.9 Å². The van der Waals surface area contributed by atoms with Gasteiger partial charge in [0, 0.05) is 6.42 Å². The second-order valence-corrected chi connectivity index (χ2v) is 7.34. The number of fused-ring (bicyclic) bond motifs is 2. The smallest absolute Gasteiger partial charge is 0.265 e. The number of aromatic nitrogens is 2. The van der Waals surface area contributed by atoms with E-state index in [1.165, 1.54) is 10.8 Å². The fourth-order valence-electron chi connectivity index (χ4n) is 3.68. The van der Waals surface area contributed by atoms with Gasteiger partial charge in [-0.1, -0.05) is 50.3 Å². The van der Waals surface area contributed by atoms with Crippen LogP contribution in [0, 0.1) is 5.92 Å². The Morgan fingerprint density at radius 3 is 2.71 bits per heavy atom. The van der Waals surface area contributed by atoms with Gasteiger partial charge in [0.15, 0.2) is 5.82 Å². The summed E-state index contributed by atoms with van der Waals surface area (Å²) < 4.78 is 6.78. The molecule has 1 aromatic heterocycles. The molecule has 0 saturated heterocycles. The standard InChI is InChI=1S/C21H21N3O4/c1-13(2)16-17(25)23-21(27,12-14-8-4-3-5-9-14)20-22-18-15(19(26)24(16)20)10-6-7-11-28-18/h3-11,13,16,27H,12H2,1-2H3,(H,23,25)/t16-,21+/m0/s1. The maximum absolute atomic E-state index is 13.3. The molecule has 144 valence electrons. The molecule has 0 spiro atoms. The van der Waals surface area contributed by atoms with Crippen LogP contribution in [0.4, 0.5) is 0 Å². The average molecular weight is 379 g/mol. The van der Waals surface area contributed by atoms with E-state index in [9.17, 15) is 14.7 Å². The lowest BCUT2D eigenvalue weighted by molar-refractivity contribution is -0.140. The molecule has 0 aliphatic carbocycles. The summed E-state index contributed by atoms with van der Waals surface area (Å²) >= 11 is 0. The van der Waals surface area contributed by atoms with Gasteiger partial charge in [-0.3, -0.25) is 14.2 Å². The van der Waals surface area contributed by atoms with Crippen molar-refractivity contribution in [2.75, 3.05) is 0 Å². The van der Waals surface area contributed by atoms with Crippen LogP contribution < -0.4 is 15.6 Å². The van der Waals surface area contributed by atoms with Crippen LogP contribution >= 0.6 is 0 Å². The Morgan fingerprint density at radius 1 is 1.25 bits per heavy atom. The van der Waals surface area contributed by atoms with Gasteiger partial charge in [0.1, 0.15) is 11.6 Å². The predicted octanol–water partition coefficient (Wildman–Crippen LogP) is 1.88. The summed E-state index contributed by atoms with van der Waals surface area (Å²) in [5.41, 5.74) is -1.21. The third kappa shape index (κ3) is 2.93. The lowest BCUT2D eigenvalue weighted by Crippen LogP contribution is -2.60. The zero-order chi connectivity index (χ0) is 19.9. The summed E-state index contributed by atoms with van der Waals surface area (Å²) in [5, 5.41) is 14.1. The lowest BCUT2D eigenvalue weighted by Gasteiger charge is -2.40. The summed E-state index contributed by atoms with van der Waals surface area (Å²) in [6.45, 7) is 3.70. The minimum absolute atomic E-state index is 0.0707. The maximum Gasteiger partial charge on any atom is 0.265 e. The third-order valence-electron chi connectivity index (χ3n) is 4.93. The highest BCUT2D eigenvalue weighted by molar-refractivity contribution is 5.82. The van der Waals surface area contributed by atoms with Crippen molar-refractivity contribution < 1.29 is 14.6 Å². The minimum Gasteiger partial charge on any atom is -0.446 e. The summed E-state index contributed by atoms with van der Waals surface area (Å²) in [6, 6.07) is 8.46. The summed E-state index contributed by atoms with van der Waals surface area (Å²) in [6.07, 6.45) is 6.40. The van der Waals surface area contributed by atoms with Crippen molar-refractivity contribution in [3.05, 3.63) is 76.1 Å². The first-order valence-corrected chi connectivity index (χ1v) is 9.16. The van der Waals surface area contributed by atoms with Gasteiger partial charge < -0.3 is 15.2 Å². The SMILES string of the molecule is CC(C)[C@H]1C(=O)N[C@@](O)(Cc2ccccc2)c2nc3c(c(=O)n21)C=CC=CO3. The molecule has 2 aliphatic rings. The van der Waals surface area contributed by atoms with E-state index < -0.39 is 23.2 Å². The number of allylic oxidation sites excluding steroid dienone is 2. The Bertz CT molecular complexity index is 1040. The third-order valence-corrected chi connectivity index (χ3v) is 4.93. The van der Waals surface area contributed by atoms with E-state index in [-0.39, 0.29) is 29.6 Å². The van der Waals surface area contributed by atoms with Crippen LogP contribution in [0.5, 0.6) is 5.88 Å². The number of benzene rings is 1. The highest BCUT2D eigenvalue weighted by Gasteiger charge is 2.46. The fraction of sp³-hybridized carbons (Fsp3) is 0.286. The van der Waals surface area contributed by atoms with E-state index >= 15 is 0 Å². The van der Waals surface area contributed by atoms with Gasteiger partial charge >= 0.3 is 0 Å². The quantitative estimate of drug-likeness (QED) is 0.849. The van der Waals surface area contributed by atoms with Crippen LogP contribution in [0.2, 0.25) is 0 Å². The van der Waals surface area contributed by atoms with Crippen molar-refractivity contribution in [2.24, 2.45) is 5.92 Å². The second-order valence-electron chi connectivity index (χ2n) is 7.34. The summed E-state index contributed by atoms with van der Waals surface area (Å²) in [7, 11) is 0. The number of rotatable bonds is 3. The van der Waals surface area contributed by atoms with Crippen LogP contribution in [0.3, 0.4) is 0 Å². The Labute approximate surface area is 162 Å². The molecule has 0 saturated carbocycles. The van der Waals surface area contributed by atoms with Crippen molar-refractivity contribution in [3.63, 3.8) is 0 Å². The highest BCUT2D eigenvalue weighted by Crippen LogP contribution is 2.33. The Kier molecular flexibility index (Phi) is 4.39. The molecule has 7 heteroatoms. The summed E-state index contributed by atoms with van der Waals surface area (Å²) in [4.78, 5) is 30.6. The van der Waals surface area contributed by atoms with E-state index in [0.29, 0.717) is 0 Å². The van der Waals surface area contributed by atoms with Gasteiger partial charge in [0.05, 0.1) is 6.26 Å². The van der Waals surface area contributed by atoms with Crippen molar-refractivity contribution in [1.82, 2.24) is 14.9 Å². The first-order valence-electron chi connectivity index (χ1n) is 9.16. The molecular formula is C21H21N3O4. The lowest BCUT2D eigenvalue weighted by atomic mass is 9.93. The molecule has 28 heavy (non-hydrogen) atoms. The monoisotopic (exact) mass is 379 g/mol. The zero-order valence-electron chi connectivity index (χ0n) is 15.6. The van der Waals surface area contributed by atoms with E-state index in [1.807, 2.05) is 44.2 Å². The van der Waals surface area contributed by atoms with Crippen molar-refractivity contribution >= 4 is 12.0 Å². The van der Waals surface area contributed by atoms with Crippen molar-refractivity contribution in [2.45, 2.75) is 32.0 Å². The van der Waals surface area contributed by atoms with Gasteiger partial charge in [0.25, 0.3) is 5.56 Å². The predicted molar refractivity (Wildman–Crippen MR) is 103 cm³/mol. The van der Waals surface area contributed by atoms with Crippen LogP contribution in [0.1, 0.15) is 36.8 Å². The number of nitrogens with one attached hydrogen (secondary N) is 1. The van der Waals surface area contributed by atoms with Gasteiger partial charge in [0.2, 0.25) is 17.5 Å². The first kappa shape index (κ1) is 18.2. The van der Waals surface area contributed by atoms with Crippen LogP contribution in [0.15, 0.2) is 53.5 Å². The van der Waals surface area contributed by atoms with E-state index in [1.54, 1.807) is 18.2 Å². The molecule has 2 atom stereocenters. The topological polar surface area (TPSA) is 93.5 Å². The van der Waals surface area contributed by atoms with Crippen molar-refractivity contribution in [1.29, 1.82) is 0 Å². The molecule has 2 aliphatic heterocycles. The number of carbonyl (C=O) groups is 1. The Morgan fingerprint density at radius 2 is 2.00 bits per heavy atom. The molecule has 0 bridgehead atoms. The minimum atomic E-state index is -1.83. The average Bonchev–Trinajstić information content (AvgIpc) is 2.89. The second kappa shape index (κ2) is 6.76. The first-order chi connectivity index (χ1) is 13.4. The molecule has 4 rings (SSSR count). The van der Waals surface area contributed by atoms with Gasteiger partial charge in [-0.15, -0.1) is 0 Å². The molecule has 1 amide bonds. The fourth-order valence-corrected chi connectivity index (χ4v) is 3.68.